The van der Waals surface area contributed by atoms with Gasteiger partial charge in [-0.2, -0.15) is 31.4 Å². The van der Waals surface area contributed by atoms with Crippen LogP contribution in [0.15, 0.2) is 23.1 Å². The Morgan fingerprint density at radius 3 is 2.36 bits per heavy atom. The number of carbonyl (C=O) groups excluding carboxylic acids is 2. The van der Waals surface area contributed by atoms with Gasteiger partial charge in [-0.3, -0.25) is 4.79 Å². The normalized spacial score (nSPS) is 20.3. The summed E-state index contributed by atoms with van der Waals surface area (Å²) in [4.78, 5) is 30.4. The molecule has 45 heavy (non-hydrogen) atoms. The zero-order chi connectivity index (χ0) is 33.8. The van der Waals surface area contributed by atoms with E-state index in [-0.39, 0.29) is 28.3 Å². The molecule has 3 atom stereocenters. The van der Waals surface area contributed by atoms with Gasteiger partial charge in [0.1, 0.15) is 19.0 Å². The molecule has 22 heteroatoms. The molecule has 4 rings (SSSR count). The van der Waals surface area contributed by atoms with Gasteiger partial charge in [0.25, 0.3) is 5.91 Å². The van der Waals surface area contributed by atoms with Crippen molar-refractivity contribution >= 4 is 41.1 Å². The molecule has 6 radical (unpaired) electrons. The van der Waals surface area contributed by atoms with Gasteiger partial charge in [0, 0.05) is 12.7 Å². The number of carbonyl (C=O) groups is 2. The number of halogens is 6. The lowest BCUT2D eigenvalue weighted by Gasteiger charge is -2.46. The van der Waals surface area contributed by atoms with Crippen LogP contribution < -0.4 is 10.6 Å². The predicted molar refractivity (Wildman–Crippen MR) is 142 cm³/mol. The average Bonchev–Trinajstić information content (AvgIpc) is 3.58. The molecule has 13 nitrogen and oxygen atoms in total. The average molecular weight is 638 g/mol. The van der Waals surface area contributed by atoms with Gasteiger partial charge in [-0.25, -0.2) is 18.9 Å². The van der Waals surface area contributed by atoms with Crippen LogP contribution in [-0.4, -0.2) is 114 Å². The monoisotopic (exact) mass is 638 g/mol. The van der Waals surface area contributed by atoms with Gasteiger partial charge in [-0.05, 0) is 37.3 Å². The number of aryl methyl sites for hydroxylation is 1. The van der Waals surface area contributed by atoms with Crippen molar-refractivity contribution in [1.29, 1.82) is 0 Å². The molecule has 1 fully saturated rings. The highest BCUT2D eigenvalue weighted by Crippen LogP contribution is 2.44. The topological polar surface area (TPSA) is 149 Å². The van der Waals surface area contributed by atoms with Gasteiger partial charge in [0.2, 0.25) is 0 Å². The van der Waals surface area contributed by atoms with E-state index in [1.165, 1.54) is 26.3 Å². The van der Waals surface area contributed by atoms with Crippen LogP contribution in [0.2, 0.25) is 0 Å². The smallest absolute Gasteiger partial charge is 0.382 e. The zero-order valence-electron chi connectivity index (χ0n) is 24.0. The first kappa shape index (κ1) is 34.1. The fourth-order valence-corrected chi connectivity index (χ4v) is 4.36. The number of hydrogen-bond donors (Lipinski definition) is 2. The van der Waals surface area contributed by atoms with Crippen molar-refractivity contribution in [2.75, 3.05) is 20.3 Å². The summed E-state index contributed by atoms with van der Waals surface area (Å²) >= 11 is 0. The summed E-state index contributed by atoms with van der Waals surface area (Å²) < 4.78 is 97.9. The molecular weight excluding hydrogens is 615 g/mol. The fraction of sp³-hybridized carbons (Fsp3) is 0.565. The molecule has 1 aliphatic rings. The standard InChI is InChI=1S/C23H23B3F6N8O5/c1-10-16(38-45-37-10)17(41)35-13(8-44-19(2,3)22(27,28)29)12-7-39-15(34-12)5-11(6-33-39)14(9-43-4)40-18(42)36-20(24,21(40,25)26)23(30,31)32/h5-7,13-14H,8-9H2,1-4H3,(H,35,41)(H,36,42). The first-order valence-corrected chi connectivity index (χ1v) is 12.8. The maximum atomic E-state index is 13.8. The first-order valence-electron chi connectivity index (χ1n) is 12.8. The number of ether oxygens (including phenoxy) is 2. The maximum absolute atomic E-state index is 13.8. The molecule has 3 unspecified atom stereocenters. The highest BCUT2D eigenvalue weighted by Gasteiger charge is 2.67. The zero-order valence-corrected chi connectivity index (χ0v) is 24.0. The van der Waals surface area contributed by atoms with Crippen LogP contribution in [-0.2, 0) is 9.47 Å². The minimum absolute atomic E-state index is 0.00806. The summed E-state index contributed by atoms with van der Waals surface area (Å²) in [6.45, 7) is 1.86. The second kappa shape index (κ2) is 11.5. The second-order valence-electron chi connectivity index (χ2n) is 10.7. The Hall–Kier alpha value is -3.81. The molecule has 3 amide bonds. The molecule has 4 heterocycles. The summed E-state index contributed by atoms with van der Waals surface area (Å²) in [6.07, 6.45) is -7.62. The maximum Gasteiger partial charge on any atom is 0.416 e. The van der Waals surface area contributed by atoms with E-state index < -0.39 is 66.0 Å². The van der Waals surface area contributed by atoms with Crippen molar-refractivity contribution in [3.05, 3.63) is 41.1 Å². The van der Waals surface area contributed by atoms with Crippen LogP contribution in [0.4, 0.5) is 31.1 Å². The molecular formula is C23H23B3F6N8O5. The number of urea groups is 1. The number of aromatic nitrogens is 5. The van der Waals surface area contributed by atoms with E-state index in [9.17, 15) is 35.9 Å². The Bertz CT molecular complexity index is 1580. The molecule has 1 saturated heterocycles. The number of hydrogen-bond acceptors (Lipinski definition) is 9. The number of alkyl halides is 6. The third-order valence-corrected chi connectivity index (χ3v) is 7.20. The molecule has 0 aliphatic carbocycles. The number of nitrogens with one attached hydrogen (secondary N) is 2. The minimum Gasteiger partial charge on any atom is -0.382 e. The number of rotatable bonds is 10. The number of nitrogens with zero attached hydrogens (tertiary/aromatic N) is 6. The van der Waals surface area contributed by atoms with E-state index in [1.54, 1.807) is 5.32 Å². The predicted octanol–water partition coefficient (Wildman–Crippen LogP) is 1.38. The molecule has 1 aliphatic heterocycles. The number of imidazole rings is 1. The SMILES string of the molecule is [B]C1([B])N(C(COC)c2cnn3cc(C(COC(C)(C)C(F)(F)F)NC(=O)c4nonc4C)nc3c2)C(=O)NC1([B])C(F)(F)F. The van der Waals surface area contributed by atoms with E-state index in [0.29, 0.717) is 4.90 Å². The lowest BCUT2D eigenvalue weighted by molar-refractivity contribution is -0.265. The molecule has 2 N–H and O–H groups in total. The van der Waals surface area contributed by atoms with Gasteiger partial charge in [0.15, 0.2) is 16.9 Å². The highest BCUT2D eigenvalue weighted by atomic mass is 19.4. The van der Waals surface area contributed by atoms with E-state index in [2.05, 4.69) is 30.3 Å². The molecule has 0 bridgehead atoms. The Kier molecular flexibility index (Phi) is 8.73. The van der Waals surface area contributed by atoms with Crippen LogP contribution in [0, 0.1) is 6.92 Å². The Balaban J connectivity index is 1.71. The number of fused-ring (bicyclic) bond motifs is 1. The van der Waals surface area contributed by atoms with Crippen LogP contribution in [0.3, 0.4) is 0 Å². The van der Waals surface area contributed by atoms with Crippen molar-refractivity contribution in [3.8, 4) is 0 Å². The number of methoxy groups -OCH3 is 1. The Labute approximate surface area is 254 Å². The molecule has 236 valence electrons. The van der Waals surface area contributed by atoms with Crippen LogP contribution in [0.25, 0.3) is 5.65 Å². The second-order valence-corrected chi connectivity index (χ2v) is 10.7. The molecule has 3 aromatic heterocycles. The van der Waals surface area contributed by atoms with Crippen molar-refractivity contribution in [3.63, 3.8) is 0 Å². The van der Waals surface area contributed by atoms with Crippen LogP contribution in [0.5, 0.6) is 0 Å². The summed E-state index contributed by atoms with van der Waals surface area (Å²) in [7, 11) is 18.3. The summed E-state index contributed by atoms with van der Waals surface area (Å²) in [5.41, 5.74) is -6.31. The first-order chi connectivity index (χ1) is 20.6. The van der Waals surface area contributed by atoms with Gasteiger partial charge < -0.3 is 25.0 Å². The Morgan fingerprint density at radius 2 is 1.82 bits per heavy atom. The quantitative estimate of drug-likeness (QED) is 0.248. The Morgan fingerprint density at radius 1 is 1.16 bits per heavy atom. The minimum atomic E-state index is -5.26. The summed E-state index contributed by atoms with van der Waals surface area (Å²) in [6, 6.07) is -2.76. The molecule has 0 spiro atoms. The van der Waals surface area contributed by atoms with E-state index >= 15 is 0 Å². The van der Waals surface area contributed by atoms with Gasteiger partial charge in [-0.15, -0.1) is 0 Å². The fourth-order valence-electron chi connectivity index (χ4n) is 4.36. The lowest BCUT2D eigenvalue weighted by atomic mass is 9.44. The van der Waals surface area contributed by atoms with E-state index in [1.807, 2.05) is 0 Å². The molecule has 0 aromatic carbocycles. The number of amides is 3. The van der Waals surface area contributed by atoms with Gasteiger partial charge >= 0.3 is 18.4 Å². The largest absolute Gasteiger partial charge is 0.416 e. The summed E-state index contributed by atoms with van der Waals surface area (Å²) in [5.74, 6) is -0.866. The highest BCUT2D eigenvalue weighted by molar-refractivity contribution is 6.47. The van der Waals surface area contributed by atoms with Gasteiger partial charge in [0.05, 0.1) is 59.1 Å². The van der Waals surface area contributed by atoms with Crippen molar-refractivity contribution in [2.45, 2.75) is 61.6 Å². The van der Waals surface area contributed by atoms with E-state index in [4.69, 9.17) is 33.0 Å². The third-order valence-electron chi connectivity index (χ3n) is 7.20. The third kappa shape index (κ3) is 6.08. The van der Waals surface area contributed by atoms with Crippen molar-refractivity contribution < 1.29 is 50.0 Å². The van der Waals surface area contributed by atoms with Gasteiger partial charge in [-0.1, -0.05) is 5.16 Å². The van der Waals surface area contributed by atoms with Crippen LogP contribution in [0.1, 0.15) is 53.4 Å². The lowest BCUT2D eigenvalue weighted by Crippen LogP contribution is -2.70. The van der Waals surface area contributed by atoms with Crippen molar-refractivity contribution in [2.24, 2.45) is 0 Å². The van der Waals surface area contributed by atoms with Crippen LogP contribution >= 0.6 is 0 Å². The molecule has 0 saturated carbocycles. The van der Waals surface area contributed by atoms with Crippen molar-refractivity contribution in [1.82, 2.24) is 40.4 Å². The van der Waals surface area contributed by atoms with E-state index in [0.717, 1.165) is 24.6 Å². The molecule has 3 aromatic rings. The summed E-state index contributed by atoms with van der Waals surface area (Å²) in [5, 5.41) is 12.2.